The van der Waals surface area contributed by atoms with Crippen LogP contribution in [0.15, 0.2) is 53.6 Å². The molecule has 3 nitrogen and oxygen atoms in total. The highest BCUT2D eigenvalue weighted by molar-refractivity contribution is 5.99. The highest BCUT2D eigenvalue weighted by Crippen LogP contribution is 2.47. The van der Waals surface area contributed by atoms with Gasteiger partial charge in [0, 0.05) is 5.92 Å². The number of nitrogens with zero attached hydrogens (tertiary/aromatic N) is 1. The number of nitrogens with one attached hydrogen (secondary N) is 1. The van der Waals surface area contributed by atoms with Crippen molar-refractivity contribution in [2.24, 2.45) is 11.0 Å². The molecule has 0 spiro atoms. The summed E-state index contributed by atoms with van der Waals surface area (Å²) in [5.41, 5.74) is 8.66. The number of carbonyl (C=O) groups excluding carboxylic acids is 1. The van der Waals surface area contributed by atoms with Crippen LogP contribution in [0.25, 0.3) is 0 Å². The number of hydrogen-bond acceptors (Lipinski definition) is 2. The summed E-state index contributed by atoms with van der Waals surface area (Å²) in [6, 6.07) is 17.1. The normalized spacial score (nSPS) is 19.6. The average molecular weight is 377 g/mol. The minimum Gasteiger partial charge on any atom is -0.273 e. The van der Waals surface area contributed by atoms with E-state index in [9.17, 15) is 4.79 Å². The second-order valence-corrected chi connectivity index (χ2v) is 9.27. The van der Waals surface area contributed by atoms with E-state index >= 15 is 0 Å². The molecule has 1 aliphatic carbocycles. The van der Waals surface area contributed by atoms with Gasteiger partial charge < -0.3 is 0 Å². The molecule has 2 aromatic rings. The molecule has 0 bridgehead atoms. The second-order valence-electron chi connectivity index (χ2n) is 9.27. The van der Waals surface area contributed by atoms with Gasteiger partial charge in [-0.3, -0.25) is 4.79 Å². The number of hydrazone groups is 1. The fourth-order valence-corrected chi connectivity index (χ4v) is 3.48. The van der Waals surface area contributed by atoms with Crippen molar-refractivity contribution in [2.75, 3.05) is 0 Å². The Kier molecular flexibility index (Phi) is 5.74. The van der Waals surface area contributed by atoms with Crippen molar-refractivity contribution in [3.63, 3.8) is 0 Å². The number of benzene rings is 2. The molecule has 1 aliphatic rings. The van der Waals surface area contributed by atoms with Gasteiger partial charge in [0.25, 0.3) is 0 Å². The number of carbonyl (C=O) groups is 1. The molecule has 0 aromatic heterocycles. The zero-order valence-corrected chi connectivity index (χ0v) is 17.9. The molecule has 2 aromatic carbocycles. The molecule has 1 N–H and O–H groups in total. The average Bonchev–Trinajstić information content (AvgIpc) is 3.46. The smallest absolute Gasteiger partial charge is 0.243 e. The molecule has 1 amide bonds. The fourth-order valence-electron chi connectivity index (χ4n) is 3.48. The van der Waals surface area contributed by atoms with Crippen molar-refractivity contribution >= 4 is 11.6 Å². The molecular weight excluding hydrogens is 344 g/mol. The van der Waals surface area contributed by atoms with Crippen LogP contribution in [0.1, 0.15) is 82.1 Å². The van der Waals surface area contributed by atoms with Gasteiger partial charge in [0.15, 0.2) is 0 Å². The van der Waals surface area contributed by atoms with E-state index in [4.69, 9.17) is 0 Å². The fraction of sp³-hybridized carbons (Fsp3) is 0.440. The van der Waals surface area contributed by atoms with Gasteiger partial charge in [0.2, 0.25) is 5.91 Å². The van der Waals surface area contributed by atoms with Crippen molar-refractivity contribution < 1.29 is 4.79 Å². The van der Waals surface area contributed by atoms with E-state index in [0.717, 1.165) is 17.7 Å². The van der Waals surface area contributed by atoms with Gasteiger partial charge in [-0.15, -0.1) is 0 Å². The molecule has 0 saturated heterocycles. The van der Waals surface area contributed by atoms with Gasteiger partial charge in [0.05, 0.1) is 5.71 Å². The predicted molar refractivity (Wildman–Crippen MR) is 117 cm³/mol. The molecule has 148 valence electrons. The molecule has 0 aliphatic heterocycles. The Labute approximate surface area is 169 Å². The molecule has 1 saturated carbocycles. The van der Waals surface area contributed by atoms with Gasteiger partial charge in [-0.25, -0.2) is 5.43 Å². The molecule has 3 heteroatoms. The highest BCUT2D eigenvalue weighted by Gasteiger charge is 2.44. The van der Waals surface area contributed by atoms with Crippen molar-refractivity contribution in [3.8, 4) is 0 Å². The zero-order valence-electron chi connectivity index (χ0n) is 17.9. The second kappa shape index (κ2) is 7.90. The zero-order chi connectivity index (χ0) is 20.5. The molecule has 2 atom stereocenters. The maximum absolute atomic E-state index is 12.5. The van der Waals surface area contributed by atoms with Crippen LogP contribution in [0.4, 0.5) is 0 Å². The van der Waals surface area contributed by atoms with Crippen LogP contribution in [-0.4, -0.2) is 11.6 Å². The maximum Gasteiger partial charge on any atom is 0.243 e. The number of rotatable bonds is 5. The van der Waals surface area contributed by atoms with E-state index in [0.29, 0.717) is 11.8 Å². The lowest BCUT2D eigenvalue weighted by Crippen LogP contribution is -2.21. The first-order valence-corrected chi connectivity index (χ1v) is 10.2. The Balaban J connectivity index is 1.58. The van der Waals surface area contributed by atoms with E-state index in [1.165, 1.54) is 16.7 Å². The van der Waals surface area contributed by atoms with E-state index in [1.54, 1.807) is 0 Å². The lowest BCUT2D eigenvalue weighted by atomic mass is 9.86. The van der Waals surface area contributed by atoms with E-state index < -0.39 is 0 Å². The van der Waals surface area contributed by atoms with Gasteiger partial charge >= 0.3 is 0 Å². The van der Waals surface area contributed by atoms with Crippen molar-refractivity contribution in [3.05, 3.63) is 70.8 Å². The van der Waals surface area contributed by atoms with E-state index in [-0.39, 0.29) is 17.2 Å². The Morgan fingerprint density at radius 1 is 1.04 bits per heavy atom. The lowest BCUT2D eigenvalue weighted by Gasteiger charge is -2.19. The Morgan fingerprint density at radius 3 is 2.18 bits per heavy atom. The molecule has 1 fully saturated rings. The SMILES string of the molecule is C/C(=N/NC(=O)[C@@H]1C[C@H]1c1ccc(C(C)(C)C)cc1)c1ccc(C(C)C)cc1. The van der Waals surface area contributed by atoms with Crippen molar-refractivity contribution in [2.45, 2.75) is 65.2 Å². The Morgan fingerprint density at radius 2 is 1.64 bits per heavy atom. The third-order valence-electron chi connectivity index (χ3n) is 5.66. The summed E-state index contributed by atoms with van der Waals surface area (Å²) in [4.78, 5) is 12.5. The third kappa shape index (κ3) is 4.70. The lowest BCUT2D eigenvalue weighted by molar-refractivity contribution is -0.122. The summed E-state index contributed by atoms with van der Waals surface area (Å²) >= 11 is 0. The topological polar surface area (TPSA) is 41.5 Å². The third-order valence-corrected chi connectivity index (χ3v) is 5.66. The van der Waals surface area contributed by atoms with Gasteiger partial charge in [-0.05, 0) is 52.8 Å². The Hall–Kier alpha value is -2.42. The summed E-state index contributed by atoms with van der Waals surface area (Å²) in [6.07, 6.45) is 0.901. The van der Waals surface area contributed by atoms with E-state index in [1.807, 2.05) is 6.92 Å². The van der Waals surface area contributed by atoms with Crippen molar-refractivity contribution in [1.82, 2.24) is 5.43 Å². The number of amides is 1. The first-order valence-electron chi connectivity index (χ1n) is 10.2. The van der Waals surface area contributed by atoms with Crippen LogP contribution in [0.5, 0.6) is 0 Å². The van der Waals surface area contributed by atoms with Crippen LogP contribution in [0.2, 0.25) is 0 Å². The quantitative estimate of drug-likeness (QED) is 0.524. The first-order chi connectivity index (χ1) is 13.2. The number of hydrogen-bond donors (Lipinski definition) is 1. The summed E-state index contributed by atoms with van der Waals surface area (Å²) in [5, 5.41) is 4.32. The first kappa shape index (κ1) is 20.3. The monoisotopic (exact) mass is 376 g/mol. The minimum atomic E-state index is 0.0167. The molecule has 3 rings (SSSR count). The van der Waals surface area contributed by atoms with Crippen molar-refractivity contribution in [1.29, 1.82) is 0 Å². The van der Waals surface area contributed by atoms with Gasteiger partial charge in [-0.1, -0.05) is 83.1 Å². The molecular formula is C25H32N2O. The Bertz CT molecular complexity index is 855. The molecule has 28 heavy (non-hydrogen) atoms. The van der Waals surface area contributed by atoms with Crippen LogP contribution >= 0.6 is 0 Å². The maximum atomic E-state index is 12.5. The van der Waals surface area contributed by atoms with Gasteiger partial charge in [-0.2, -0.15) is 5.10 Å². The molecule has 0 heterocycles. The summed E-state index contributed by atoms with van der Waals surface area (Å²) < 4.78 is 0. The van der Waals surface area contributed by atoms with Crippen LogP contribution in [0.3, 0.4) is 0 Å². The van der Waals surface area contributed by atoms with Crippen LogP contribution in [-0.2, 0) is 10.2 Å². The van der Waals surface area contributed by atoms with Crippen LogP contribution in [0, 0.1) is 5.92 Å². The summed E-state index contributed by atoms with van der Waals surface area (Å²) in [7, 11) is 0. The summed E-state index contributed by atoms with van der Waals surface area (Å²) in [6.45, 7) is 12.9. The van der Waals surface area contributed by atoms with Gasteiger partial charge in [0.1, 0.15) is 0 Å². The molecule has 0 radical (unpaired) electrons. The standard InChI is InChI=1S/C25H32N2O/c1-16(2)18-7-9-19(10-8-18)17(3)26-27-24(28)23-15-22(23)20-11-13-21(14-12-20)25(4,5)6/h7-14,16,22-23H,15H2,1-6H3,(H,27,28)/b26-17-/t22-,23+/m0/s1. The predicted octanol–water partition coefficient (Wildman–Crippen LogP) is 5.75. The largest absolute Gasteiger partial charge is 0.273 e. The van der Waals surface area contributed by atoms with E-state index in [2.05, 4.69) is 93.7 Å². The van der Waals surface area contributed by atoms with Crippen LogP contribution < -0.4 is 5.43 Å². The summed E-state index contributed by atoms with van der Waals surface area (Å²) in [5.74, 6) is 0.869. The minimum absolute atomic E-state index is 0.0167. The molecule has 0 unspecified atom stereocenters. The highest BCUT2D eigenvalue weighted by atomic mass is 16.2.